The molecule has 18 nitrogen and oxygen atoms in total. The Labute approximate surface area is 222 Å². The minimum atomic E-state index is -4.52. The van der Waals surface area contributed by atoms with Crippen LogP contribution in [-0.2, 0) is 51.6 Å². The molecule has 0 aromatic heterocycles. The zero-order valence-electron chi connectivity index (χ0n) is 20.6. The van der Waals surface area contributed by atoms with E-state index in [1.807, 2.05) is 0 Å². The first-order valence-electron chi connectivity index (χ1n) is 11.4. The van der Waals surface area contributed by atoms with Gasteiger partial charge in [0.15, 0.2) is 0 Å². The lowest BCUT2D eigenvalue weighted by molar-refractivity contribution is -0.145. The summed E-state index contributed by atoms with van der Waals surface area (Å²) in [6, 6.07) is -1.53. The molecular formula is C19H31N3O15P2. The minimum absolute atomic E-state index is 0.0156. The van der Waals surface area contributed by atoms with Crippen LogP contribution in [0.15, 0.2) is 12.2 Å². The van der Waals surface area contributed by atoms with Crippen molar-refractivity contribution in [1.82, 2.24) is 15.5 Å². The monoisotopic (exact) mass is 603 g/mol. The van der Waals surface area contributed by atoms with Gasteiger partial charge in [-0.15, -0.1) is 0 Å². The lowest BCUT2D eigenvalue weighted by atomic mass is 10.2. The molecule has 1 aliphatic rings. The summed E-state index contributed by atoms with van der Waals surface area (Å²) < 4.78 is 42.3. The predicted octanol–water partition coefficient (Wildman–Crippen LogP) is -2.28. The number of hydrogen-bond donors (Lipinski definition) is 6. The molecule has 0 fully saturated rings. The van der Waals surface area contributed by atoms with Gasteiger partial charge in [0, 0.05) is 31.7 Å². The zero-order valence-corrected chi connectivity index (χ0v) is 22.4. The molecule has 0 saturated carbocycles. The molecule has 1 unspecified atom stereocenters. The van der Waals surface area contributed by atoms with Crippen LogP contribution in [0.2, 0.25) is 0 Å². The third-order valence-corrected chi connectivity index (χ3v) is 6.37. The number of nitrogens with zero attached hydrogens (tertiary/aromatic N) is 1. The summed E-state index contributed by atoms with van der Waals surface area (Å²) in [7, 11) is -8.96. The smallest absolute Gasteiger partial charge is 0.472 e. The van der Waals surface area contributed by atoms with Crippen LogP contribution < -0.4 is 10.6 Å². The van der Waals surface area contributed by atoms with Crippen molar-refractivity contribution in [2.45, 2.75) is 18.9 Å². The van der Waals surface area contributed by atoms with Gasteiger partial charge >= 0.3 is 21.4 Å². The maximum absolute atomic E-state index is 12.6. The molecule has 0 bridgehead atoms. The molecule has 1 aliphatic heterocycles. The molecule has 4 amide bonds. The van der Waals surface area contributed by atoms with Gasteiger partial charge in [0.05, 0.1) is 52.2 Å². The number of phosphoric acid groups is 1. The maximum atomic E-state index is 12.6. The molecule has 6 N–H and O–H groups in total. The van der Waals surface area contributed by atoms with Crippen LogP contribution in [0.1, 0.15) is 12.8 Å². The normalized spacial score (nSPS) is 15.7. The Morgan fingerprint density at radius 2 is 1.41 bits per heavy atom. The third-order valence-electron chi connectivity index (χ3n) is 4.55. The van der Waals surface area contributed by atoms with Crippen molar-refractivity contribution < 1.29 is 71.4 Å². The second kappa shape index (κ2) is 17.2. The van der Waals surface area contributed by atoms with Crippen LogP contribution in [0.25, 0.3) is 0 Å². The molecule has 0 radical (unpaired) electrons. The van der Waals surface area contributed by atoms with Gasteiger partial charge in [-0.1, -0.05) is 0 Å². The van der Waals surface area contributed by atoms with E-state index in [0.717, 1.165) is 12.2 Å². The summed E-state index contributed by atoms with van der Waals surface area (Å²) in [4.78, 5) is 86.7. The Bertz CT molecular complexity index is 981. The van der Waals surface area contributed by atoms with E-state index in [-0.39, 0.29) is 46.0 Å². The first kappa shape index (κ1) is 34.5. The van der Waals surface area contributed by atoms with Crippen molar-refractivity contribution in [3.05, 3.63) is 12.2 Å². The molecule has 2 atom stereocenters. The van der Waals surface area contributed by atoms with Crippen molar-refractivity contribution >= 4 is 45.0 Å². The van der Waals surface area contributed by atoms with Crippen molar-refractivity contribution in [3.63, 3.8) is 0 Å². The average Bonchev–Trinajstić information content (AvgIpc) is 3.16. The highest BCUT2D eigenvalue weighted by molar-refractivity contribution is 7.51. The largest absolute Gasteiger partial charge is 0.481 e. The lowest BCUT2D eigenvalue weighted by Gasteiger charge is -2.25. The number of carbonyl (C=O) groups is 5. The van der Waals surface area contributed by atoms with E-state index in [4.69, 9.17) is 28.9 Å². The summed E-state index contributed by atoms with van der Waals surface area (Å²) in [6.45, 7) is -1.63. The highest BCUT2D eigenvalue weighted by atomic mass is 31.2. The van der Waals surface area contributed by atoms with Crippen LogP contribution >= 0.6 is 15.4 Å². The van der Waals surface area contributed by atoms with Crippen LogP contribution in [-0.4, -0.2) is 119 Å². The van der Waals surface area contributed by atoms with Gasteiger partial charge < -0.3 is 39.9 Å². The molecule has 0 aliphatic carbocycles. The van der Waals surface area contributed by atoms with E-state index < -0.39 is 76.8 Å². The first-order valence-corrected chi connectivity index (χ1v) is 14.6. The molecule has 1 heterocycles. The van der Waals surface area contributed by atoms with E-state index in [0.29, 0.717) is 4.90 Å². The lowest BCUT2D eigenvalue weighted by Crippen LogP contribution is -2.55. The summed E-state index contributed by atoms with van der Waals surface area (Å²) in [5, 5.41) is 13.0. The number of aliphatic carboxylic acids is 1. The Hall–Kier alpha value is -2.53. The number of ether oxygens (including phenoxy) is 2. The summed E-state index contributed by atoms with van der Waals surface area (Å²) in [5.41, 5.74) is 0. The number of carboxylic acids is 1. The van der Waals surface area contributed by atoms with Gasteiger partial charge in [-0.25, -0.2) is 4.57 Å². The van der Waals surface area contributed by atoms with Crippen LogP contribution in [0.4, 0.5) is 0 Å². The number of hydrogen-bond acceptors (Lipinski definition) is 11. The molecule has 222 valence electrons. The fraction of sp³-hybridized carbons (Fsp3) is 0.632. The molecule has 39 heavy (non-hydrogen) atoms. The van der Waals surface area contributed by atoms with Crippen molar-refractivity contribution in [3.8, 4) is 0 Å². The Morgan fingerprint density at radius 3 is 2.00 bits per heavy atom. The molecular weight excluding hydrogens is 572 g/mol. The van der Waals surface area contributed by atoms with E-state index in [1.165, 1.54) is 0 Å². The van der Waals surface area contributed by atoms with Crippen molar-refractivity contribution in [2.75, 3.05) is 58.9 Å². The predicted molar refractivity (Wildman–Crippen MR) is 128 cm³/mol. The number of carboxylic acid groups (broad SMARTS) is 1. The van der Waals surface area contributed by atoms with E-state index in [2.05, 4.69) is 15.2 Å². The van der Waals surface area contributed by atoms with Gasteiger partial charge in [-0.3, -0.25) is 42.5 Å². The Morgan fingerprint density at radius 1 is 0.846 bits per heavy atom. The standard InChI is InChI=1S/C19H31N3O15P2/c23-15(4-12-38(29,30)31)21-13-14(22-16(24)1-2-17(22)25)19(28)20-5-7-36-39(32,33)37-11-10-35-9-8-34-6-3-18(26)27/h1-2,14H,3-13H2,(H,20,28)(H,21,23)(H,26,27)(H,32,33)(H2,29,30,31)/t14-/m0/s1. The van der Waals surface area contributed by atoms with E-state index in [1.54, 1.807) is 0 Å². The third kappa shape index (κ3) is 15.6. The van der Waals surface area contributed by atoms with Gasteiger partial charge in [0.2, 0.25) is 11.8 Å². The van der Waals surface area contributed by atoms with Crippen LogP contribution in [0, 0.1) is 0 Å². The molecule has 0 spiro atoms. The first-order chi connectivity index (χ1) is 18.2. The molecule has 0 saturated heterocycles. The molecule has 0 aromatic rings. The van der Waals surface area contributed by atoms with Gasteiger partial charge in [-0.2, -0.15) is 0 Å². The second-order valence-electron chi connectivity index (χ2n) is 7.63. The van der Waals surface area contributed by atoms with Crippen LogP contribution in [0.5, 0.6) is 0 Å². The number of amides is 4. The quantitative estimate of drug-likeness (QED) is 0.0458. The van der Waals surface area contributed by atoms with Crippen molar-refractivity contribution in [2.24, 2.45) is 0 Å². The number of imide groups is 1. The van der Waals surface area contributed by atoms with Gasteiger partial charge in [0.1, 0.15) is 6.04 Å². The number of carbonyl (C=O) groups excluding carboxylic acids is 4. The minimum Gasteiger partial charge on any atom is -0.481 e. The zero-order chi connectivity index (χ0) is 29.5. The molecule has 0 aromatic carbocycles. The summed E-state index contributed by atoms with van der Waals surface area (Å²) >= 11 is 0. The highest BCUT2D eigenvalue weighted by Gasteiger charge is 2.36. The fourth-order valence-corrected chi connectivity index (χ4v) is 3.95. The summed E-state index contributed by atoms with van der Waals surface area (Å²) in [5.74, 6) is -4.42. The Kier molecular flexibility index (Phi) is 15.2. The summed E-state index contributed by atoms with van der Waals surface area (Å²) in [6.07, 6.45) is 0.367. The van der Waals surface area contributed by atoms with Gasteiger partial charge in [-0.05, 0) is 0 Å². The van der Waals surface area contributed by atoms with E-state index >= 15 is 0 Å². The van der Waals surface area contributed by atoms with Crippen molar-refractivity contribution in [1.29, 1.82) is 0 Å². The number of nitrogens with one attached hydrogen (secondary N) is 2. The fourth-order valence-electron chi connectivity index (χ4n) is 2.75. The van der Waals surface area contributed by atoms with Gasteiger partial charge in [0.25, 0.3) is 11.8 Å². The molecule has 1 rings (SSSR count). The molecule has 20 heteroatoms. The maximum Gasteiger partial charge on any atom is 0.472 e. The van der Waals surface area contributed by atoms with Crippen LogP contribution in [0.3, 0.4) is 0 Å². The highest BCUT2D eigenvalue weighted by Crippen LogP contribution is 2.42. The van der Waals surface area contributed by atoms with E-state index in [9.17, 15) is 38.0 Å². The second-order valence-corrected chi connectivity index (χ2v) is 10.9. The number of rotatable bonds is 21. The average molecular weight is 603 g/mol. The SMILES string of the molecule is O=C(O)CCOCCOCCOP(=O)(O)OCCNC(=O)[C@H](CNC(=O)CCP(=O)(O)O)N1C(=O)C=CC1=O. The number of phosphoric ester groups is 1. The topological polar surface area (TPSA) is 265 Å². The Balaban J connectivity index is 2.41.